The van der Waals surface area contributed by atoms with Crippen molar-refractivity contribution in [2.75, 3.05) is 0 Å². The summed E-state index contributed by atoms with van der Waals surface area (Å²) in [5.74, 6) is 0. The first-order valence-corrected chi connectivity index (χ1v) is 3.85. The molecule has 0 saturated carbocycles. The average Bonchev–Trinajstić information content (AvgIpc) is 2.12. The van der Waals surface area contributed by atoms with Crippen LogP contribution in [0.4, 0.5) is 0 Å². The van der Waals surface area contributed by atoms with Crippen LogP contribution in [0.15, 0.2) is 30.9 Å². The Morgan fingerprint density at radius 1 is 1.25 bits per heavy atom. The van der Waals surface area contributed by atoms with Crippen molar-refractivity contribution >= 4 is 0 Å². The summed E-state index contributed by atoms with van der Waals surface area (Å²) in [4.78, 5) is 0. The molecular weight excluding hydrogens is 221 g/mol. The van der Waals surface area contributed by atoms with Crippen molar-refractivity contribution in [3.05, 3.63) is 43.9 Å². The van der Waals surface area contributed by atoms with E-state index >= 15 is 0 Å². The van der Waals surface area contributed by atoms with Gasteiger partial charge < -0.3 is 6.92 Å². The number of rotatable bonds is 2. The first-order valence-electron chi connectivity index (χ1n) is 3.85. The summed E-state index contributed by atoms with van der Waals surface area (Å²) in [7, 11) is 0. The molecule has 0 spiro atoms. The van der Waals surface area contributed by atoms with Crippen LogP contribution in [0, 0.1) is 13.0 Å². The molecule has 0 atom stereocenters. The van der Waals surface area contributed by atoms with E-state index in [-0.39, 0.29) is 32.7 Å². The van der Waals surface area contributed by atoms with Crippen LogP contribution in [-0.4, -0.2) is 0 Å². The Kier molecular flexibility index (Phi) is 57.4. The van der Waals surface area contributed by atoms with Crippen LogP contribution >= 0.6 is 0 Å². The molecule has 0 nitrogen and oxygen atoms in total. The van der Waals surface area contributed by atoms with Gasteiger partial charge in [-0.3, -0.25) is 0 Å². The molecule has 0 N–H and O–H groups in total. The summed E-state index contributed by atoms with van der Waals surface area (Å²) < 4.78 is 0. The molecule has 0 aromatic carbocycles. The fourth-order valence-electron chi connectivity index (χ4n) is 0.220. The van der Waals surface area contributed by atoms with E-state index < -0.39 is 0 Å². The number of hydrogen-bond donors (Lipinski definition) is 0. The minimum atomic E-state index is 0. The van der Waals surface area contributed by atoms with Gasteiger partial charge in [-0.25, -0.2) is 0 Å². The molecule has 0 fully saturated rings. The summed E-state index contributed by atoms with van der Waals surface area (Å²) in [5, 5.41) is 0. The molecule has 0 aromatic heterocycles. The molecule has 0 aromatic rings. The van der Waals surface area contributed by atoms with E-state index in [0.29, 0.717) is 0 Å². The van der Waals surface area contributed by atoms with Crippen LogP contribution in [0.1, 0.15) is 27.7 Å². The van der Waals surface area contributed by atoms with Crippen LogP contribution in [0.5, 0.6) is 0 Å². The SMILES string of the molecule is C=C[C-]=C(C)C=C.CC.[CH2-]C.[Y]. The monoisotopic (exact) mass is 241 g/mol. The Hall–Kier alpha value is 0.324. The van der Waals surface area contributed by atoms with Gasteiger partial charge in [0.25, 0.3) is 0 Å². The van der Waals surface area contributed by atoms with Gasteiger partial charge in [-0.1, -0.05) is 20.8 Å². The minimum absolute atomic E-state index is 0. The van der Waals surface area contributed by atoms with Crippen molar-refractivity contribution in [3.8, 4) is 0 Å². The largest absolute Gasteiger partial charge is 0.346 e. The Morgan fingerprint density at radius 3 is 1.67 bits per heavy atom. The van der Waals surface area contributed by atoms with E-state index in [1.807, 2.05) is 20.8 Å². The van der Waals surface area contributed by atoms with Crippen molar-refractivity contribution in [2.24, 2.45) is 0 Å². The van der Waals surface area contributed by atoms with Gasteiger partial charge in [-0.05, 0) is 0 Å². The van der Waals surface area contributed by atoms with E-state index in [9.17, 15) is 0 Å². The fourth-order valence-corrected chi connectivity index (χ4v) is 0.220. The molecule has 69 valence electrons. The van der Waals surface area contributed by atoms with Crippen molar-refractivity contribution in [3.63, 3.8) is 0 Å². The summed E-state index contributed by atoms with van der Waals surface area (Å²) in [6.45, 7) is 17.9. The summed E-state index contributed by atoms with van der Waals surface area (Å²) >= 11 is 0. The molecule has 0 aliphatic heterocycles. The zero-order chi connectivity index (χ0) is 9.70. The van der Waals surface area contributed by atoms with Gasteiger partial charge in [0.1, 0.15) is 0 Å². The summed E-state index contributed by atoms with van der Waals surface area (Å²) in [5.41, 5.74) is 1.02. The van der Waals surface area contributed by atoms with Gasteiger partial charge in [0.15, 0.2) is 0 Å². The molecule has 1 radical (unpaired) electrons. The van der Waals surface area contributed by atoms with Gasteiger partial charge in [0.05, 0.1) is 0 Å². The molecule has 12 heavy (non-hydrogen) atoms. The molecule has 1 heteroatoms. The fraction of sp³-hybridized carbons (Fsp3) is 0.364. The first kappa shape index (κ1) is 22.8. The molecule has 0 aliphatic carbocycles. The molecule has 0 aliphatic rings. The molecule has 0 amide bonds. The Bertz CT molecular complexity index is 102. The molecule has 0 saturated heterocycles. The second-order valence-corrected chi connectivity index (χ2v) is 1.24. The van der Waals surface area contributed by atoms with E-state index in [4.69, 9.17) is 0 Å². The zero-order valence-electron chi connectivity index (χ0n) is 8.85. The predicted molar refractivity (Wildman–Crippen MR) is 55.2 cm³/mol. The van der Waals surface area contributed by atoms with E-state index in [1.54, 1.807) is 19.1 Å². The van der Waals surface area contributed by atoms with Gasteiger partial charge in [0, 0.05) is 32.7 Å². The second-order valence-electron chi connectivity index (χ2n) is 1.24. The quantitative estimate of drug-likeness (QED) is 0.507. The van der Waals surface area contributed by atoms with Crippen LogP contribution < -0.4 is 0 Å². The maximum Gasteiger partial charge on any atom is 0 e. The second kappa shape index (κ2) is 30.2. The van der Waals surface area contributed by atoms with Gasteiger partial charge in [-0.15, -0.1) is 0 Å². The summed E-state index contributed by atoms with van der Waals surface area (Å²) in [6.07, 6.45) is 6.22. The molecule has 0 rings (SSSR count). The zero-order valence-corrected chi connectivity index (χ0v) is 11.7. The van der Waals surface area contributed by atoms with Crippen LogP contribution in [0.2, 0.25) is 0 Å². The standard InChI is InChI=1S/C7H9.C2H6.C2H5.Y/c1-4-6-7(3)5-2;2*1-2;/h4-5H,1-2H2,3H3;1-2H3;1H2,2H3;/q-1;;-1;. The van der Waals surface area contributed by atoms with Crippen LogP contribution in [-0.2, 0) is 32.7 Å². The molecule has 0 unspecified atom stereocenters. The van der Waals surface area contributed by atoms with E-state index in [1.165, 1.54) is 0 Å². The smallest absolute Gasteiger partial charge is 0 e. The molecule has 0 bridgehead atoms. The minimum Gasteiger partial charge on any atom is -0.346 e. The topological polar surface area (TPSA) is 0 Å². The maximum atomic E-state index is 3.53. The summed E-state index contributed by atoms with van der Waals surface area (Å²) in [6, 6.07) is 0. The normalized spacial score (nSPS) is 7.25. The van der Waals surface area contributed by atoms with Gasteiger partial charge in [0.2, 0.25) is 0 Å². The number of hydrogen-bond acceptors (Lipinski definition) is 0. The maximum absolute atomic E-state index is 3.53. The average molecular weight is 241 g/mol. The van der Waals surface area contributed by atoms with Gasteiger partial charge in [-0.2, -0.15) is 43.9 Å². The van der Waals surface area contributed by atoms with Crippen LogP contribution in [0.25, 0.3) is 0 Å². The predicted octanol–water partition coefficient (Wildman–Crippen LogP) is 3.97. The van der Waals surface area contributed by atoms with Crippen molar-refractivity contribution in [2.45, 2.75) is 27.7 Å². The Balaban J connectivity index is -0.0000000560. The third-order valence-electron chi connectivity index (χ3n) is 0.636. The third kappa shape index (κ3) is 31.7. The molecular formula is C11H20Y-2. The Labute approximate surface area is 104 Å². The van der Waals surface area contributed by atoms with Crippen molar-refractivity contribution in [1.29, 1.82) is 0 Å². The first-order chi connectivity index (χ1) is 5.31. The van der Waals surface area contributed by atoms with Crippen LogP contribution in [0.3, 0.4) is 0 Å². The number of allylic oxidation sites excluding steroid dienone is 4. The van der Waals surface area contributed by atoms with E-state index in [2.05, 4.69) is 26.2 Å². The van der Waals surface area contributed by atoms with E-state index in [0.717, 1.165) is 5.57 Å². The van der Waals surface area contributed by atoms with Gasteiger partial charge >= 0.3 is 0 Å². The van der Waals surface area contributed by atoms with Crippen molar-refractivity contribution in [1.82, 2.24) is 0 Å². The third-order valence-corrected chi connectivity index (χ3v) is 0.636. The molecule has 0 heterocycles. The van der Waals surface area contributed by atoms with Crippen molar-refractivity contribution < 1.29 is 32.7 Å². The Morgan fingerprint density at radius 2 is 1.58 bits per heavy atom.